The van der Waals surface area contributed by atoms with Gasteiger partial charge in [0.2, 0.25) is 0 Å². The van der Waals surface area contributed by atoms with Gasteiger partial charge in [0.25, 0.3) is 0 Å². The Kier molecular flexibility index (Phi) is 6.70. The first-order valence-corrected chi connectivity index (χ1v) is 11.3. The van der Waals surface area contributed by atoms with E-state index in [1.807, 2.05) is 64.0 Å². The van der Waals surface area contributed by atoms with Gasteiger partial charge in [0.15, 0.2) is 5.82 Å². The predicted molar refractivity (Wildman–Crippen MR) is 125 cm³/mol. The maximum Gasteiger partial charge on any atom is 0.172 e. The maximum absolute atomic E-state index is 5.86. The molecule has 0 bridgehead atoms. The summed E-state index contributed by atoms with van der Waals surface area (Å²) in [4.78, 5) is 4.06. The van der Waals surface area contributed by atoms with Crippen molar-refractivity contribution < 1.29 is 4.74 Å². The Hall–Kier alpha value is -3.87. The second-order valence-corrected chi connectivity index (χ2v) is 8.36. The van der Waals surface area contributed by atoms with E-state index < -0.39 is 0 Å². The number of rotatable bonds is 10. The Morgan fingerprint density at radius 3 is 2.68 bits per heavy atom. The van der Waals surface area contributed by atoms with E-state index in [1.54, 1.807) is 12.7 Å². The molecule has 172 valence electrons. The largest absolute Gasteiger partial charge is 0.375 e. The van der Waals surface area contributed by atoms with Crippen LogP contribution < -0.4 is 5.32 Å². The maximum atomic E-state index is 5.86. The van der Waals surface area contributed by atoms with Gasteiger partial charge in [0.1, 0.15) is 12.7 Å². The molecule has 0 amide bonds. The third kappa shape index (κ3) is 5.03. The van der Waals surface area contributed by atoms with Crippen LogP contribution in [0.4, 0.5) is 0 Å². The molecule has 1 unspecified atom stereocenters. The van der Waals surface area contributed by atoms with E-state index in [0.717, 1.165) is 35.4 Å². The number of hydrogen-bond acceptors (Lipinski definition) is 7. The molecular formula is C25H26N8O. The minimum atomic E-state index is -0.169. The predicted octanol–water partition coefficient (Wildman–Crippen LogP) is 2.55. The smallest absolute Gasteiger partial charge is 0.172 e. The first-order valence-electron chi connectivity index (χ1n) is 11.3. The van der Waals surface area contributed by atoms with Gasteiger partial charge in [0.05, 0.1) is 31.8 Å². The van der Waals surface area contributed by atoms with E-state index >= 15 is 0 Å². The summed E-state index contributed by atoms with van der Waals surface area (Å²) in [5.74, 6) is 3.42. The van der Waals surface area contributed by atoms with Crippen LogP contribution in [0.15, 0.2) is 67.3 Å². The molecule has 2 heterocycles. The van der Waals surface area contributed by atoms with Gasteiger partial charge in [-0.15, -0.1) is 11.5 Å². The minimum Gasteiger partial charge on any atom is -0.375 e. The van der Waals surface area contributed by atoms with Crippen LogP contribution in [-0.2, 0) is 17.9 Å². The number of benzene rings is 2. The normalized spacial score (nSPS) is 18.2. The van der Waals surface area contributed by atoms with Crippen molar-refractivity contribution in [2.75, 3.05) is 6.61 Å². The van der Waals surface area contributed by atoms with Gasteiger partial charge in [-0.05, 0) is 46.5 Å². The molecule has 0 saturated heterocycles. The fourth-order valence-corrected chi connectivity index (χ4v) is 4.17. The van der Waals surface area contributed by atoms with Crippen LogP contribution in [0.3, 0.4) is 0 Å². The van der Waals surface area contributed by atoms with Crippen molar-refractivity contribution in [2.24, 2.45) is 0 Å². The van der Waals surface area contributed by atoms with Gasteiger partial charge < -0.3 is 10.1 Å². The molecule has 34 heavy (non-hydrogen) atoms. The molecule has 5 rings (SSSR count). The summed E-state index contributed by atoms with van der Waals surface area (Å²) >= 11 is 0. The van der Waals surface area contributed by atoms with Gasteiger partial charge in [-0.25, -0.2) is 14.3 Å². The average Bonchev–Trinajstić information content (AvgIpc) is 3.55. The van der Waals surface area contributed by atoms with Crippen LogP contribution in [-0.4, -0.2) is 47.6 Å². The Bertz CT molecular complexity index is 1210. The average molecular weight is 455 g/mol. The molecule has 2 aromatic heterocycles. The van der Waals surface area contributed by atoms with Crippen LogP contribution in [0.1, 0.15) is 47.4 Å². The first-order chi connectivity index (χ1) is 16.8. The van der Waals surface area contributed by atoms with Crippen LogP contribution in [0, 0.1) is 12.3 Å². The van der Waals surface area contributed by atoms with E-state index in [-0.39, 0.29) is 6.04 Å². The van der Waals surface area contributed by atoms with Crippen molar-refractivity contribution in [1.82, 2.24) is 40.3 Å². The van der Waals surface area contributed by atoms with Crippen LogP contribution in [0.2, 0.25) is 0 Å². The summed E-state index contributed by atoms with van der Waals surface area (Å²) in [5.41, 5.74) is 3.04. The zero-order valence-corrected chi connectivity index (χ0v) is 18.7. The second kappa shape index (κ2) is 10.4. The molecule has 1 atom stereocenters. The van der Waals surface area contributed by atoms with E-state index in [2.05, 4.69) is 36.8 Å². The van der Waals surface area contributed by atoms with Crippen molar-refractivity contribution in [1.29, 1.82) is 0 Å². The molecule has 1 N–H and O–H groups in total. The zero-order chi connectivity index (χ0) is 23.2. The number of terminal acetylenes is 1. The monoisotopic (exact) mass is 454 g/mol. The molecule has 1 saturated carbocycles. The van der Waals surface area contributed by atoms with Gasteiger partial charge in [-0.3, -0.25) is 0 Å². The van der Waals surface area contributed by atoms with E-state index in [0.29, 0.717) is 31.8 Å². The number of nitrogens with one attached hydrogen (secondary N) is 1. The fraction of sp³-hybridized carbons (Fsp3) is 0.320. The third-order valence-electron chi connectivity index (χ3n) is 6.11. The molecule has 9 nitrogen and oxygen atoms in total. The molecule has 1 aliphatic rings. The van der Waals surface area contributed by atoms with Gasteiger partial charge in [-0.2, -0.15) is 5.10 Å². The van der Waals surface area contributed by atoms with Crippen molar-refractivity contribution in [3.63, 3.8) is 0 Å². The second-order valence-electron chi connectivity index (χ2n) is 8.36. The lowest BCUT2D eigenvalue weighted by molar-refractivity contribution is 0.109. The number of ether oxygens (including phenoxy) is 1. The molecule has 0 aliphatic heterocycles. The standard InChI is InChI=1S/C25H26N8O/c1-2-19-8-10-21(11-9-19)24(28-22-14-23(15-22)33-18-26-17-27-33)25-29-30-31-32(25)12-13-34-16-20-6-4-3-5-7-20/h1,3-11,17-18,22-24,28H,12-16H2. The number of nitrogens with zero attached hydrogens (tertiary/aromatic N) is 7. The summed E-state index contributed by atoms with van der Waals surface area (Å²) in [5, 5.41) is 20.6. The lowest BCUT2D eigenvalue weighted by Crippen LogP contribution is -2.45. The summed E-state index contributed by atoms with van der Waals surface area (Å²) in [6.07, 6.45) is 10.8. The SMILES string of the molecule is C#Cc1ccc(C(NC2CC(n3cncn3)C2)c2nnnn2CCOCc2ccccc2)cc1. The highest BCUT2D eigenvalue weighted by Crippen LogP contribution is 2.34. The van der Waals surface area contributed by atoms with Gasteiger partial charge in [-0.1, -0.05) is 48.4 Å². The molecule has 9 heteroatoms. The summed E-state index contributed by atoms with van der Waals surface area (Å²) in [6.45, 7) is 1.62. The van der Waals surface area contributed by atoms with Crippen molar-refractivity contribution in [2.45, 2.75) is 44.1 Å². The van der Waals surface area contributed by atoms with E-state index in [9.17, 15) is 0 Å². The summed E-state index contributed by atoms with van der Waals surface area (Å²) in [6, 6.07) is 18.6. The van der Waals surface area contributed by atoms with Gasteiger partial charge in [0, 0.05) is 11.6 Å². The van der Waals surface area contributed by atoms with E-state index in [1.165, 1.54) is 0 Å². The molecular weight excluding hydrogens is 428 g/mol. The van der Waals surface area contributed by atoms with Crippen molar-refractivity contribution >= 4 is 0 Å². The summed E-state index contributed by atoms with van der Waals surface area (Å²) < 4.78 is 9.59. The lowest BCUT2D eigenvalue weighted by atomic mass is 9.85. The Balaban J connectivity index is 1.27. The number of hydrogen-bond donors (Lipinski definition) is 1. The minimum absolute atomic E-state index is 0.169. The molecule has 0 radical (unpaired) electrons. The molecule has 1 fully saturated rings. The lowest BCUT2D eigenvalue weighted by Gasteiger charge is -2.38. The highest BCUT2D eigenvalue weighted by Gasteiger charge is 2.34. The third-order valence-corrected chi connectivity index (χ3v) is 6.11. The van der Waals surface area contributed by atoms with Crippen LogP contribution in [0.25, 0.3) is 0 Å². The van der Waals surface area contributed by atoms with Crippen LogP contribution in [0.5, 0.6) is 0 Å². The number of tetrazole rings is 1. The van der Waals surface area contributed by atoms with Gasteiger partial charge >= 0.3 is 0 Å². The molecule has 1 aliphatic carbocycles. The first kappa shape index (κ1) is 21.9. The Morgan fingerprint density at radius 1 is 1.12 bits per heavy atom. The highest BCUT2D eigenvalue weighted by molar-refractivity contribution is 5.36. The van der Waals surface area contributed by atoms with Crippen LogP contribution >= 0.6 is 0 Å². The van der Waals surface area contributed by atoms with Crippen molar-refractivity contribution in [3.05, 3.63) is 89.8 Å². The summed E-state index contributed by atoms with van der Waals surface area (Å²) in [7, 11) is 0. The van der Waals surface area contributed by atoms with Crippen molar-refractivity contribution in [3.8, 4) is 12.3 Å². The topological polar surface area (TPSA) is 95.6 Å². The number of aromatic nitrogens is 7. The Labute approximate surface area is 198 Å². The molecule has 2 aromatic carbocycles. The highest BCUT2D eigenvalue weighted by atomic mass is 16.5. The quantitative estimate of drug-likeness (QED) is 0.291. The van der Waals surface area contributed by atoms with E-state index in [4.69, 9.17) is 11.2 Å². The zero-order valence-electron chi connectivity index (χ0n) is 18.7. The fourth-order valence-electron chi connectivity index (χ4n) is 4.17. The molecule has 4 aromatic rings. The molecule has 0 spiro atoms. The Morgan fingerprint density at radius 2 is 1.94 bits per heavy atom.